The number of methoxy groups -OCH3 is 1. The minimum atomic E-state index is -3.65. The van der Waals surface area contributed by atoms with Crippen LogP contribution in [0.25, 0.3) is 0 Å². The molecule has 12 heteroatoms. The highest BCUT2D eigenvalue weighted by Crippen LogP contribution is 2.36. The van der Waals surface area contributed by atoms with Crippen molar-refractivity contribution in [1.29, 1.82) is 0 Å². The van der Waals surface area contributed by atoms with Gasteiger partial charge in [0.15, 0.2) is 0 Å². The Morgan fingerprint density at radius 2 is 1.91 bits per heavy atom. The summed E-state index contributed by atoms with van der Waals surface area (Å²) in [5.74, 6) is -0.595. The lowest BCUT2D eigenvalue weighted by molar-refractivity contribution is -0.133. The number of rotatable bonds is 6. The third kappa shape index (κ3) is 5.69. The van der Waals surface area contributed by atoms with Crippen molar-refractivity contribution in [2.75, 3.05) is 26.8 Å². The molecule has 34 heavy (non-hydrogen) atoms. The van der Waals surface area contributed by atoms with Crippen molar-refractivity contribution in [3.8, 4) is 0 Å². The Kier molecular flexibility index (Phi) is 9.05. The number of nitrogens with one attached hydrogen (secondary N) is 2. The minimum absolute atomic E-state index is 0.112. The molecule has 2 aliphatic heterocycles. The summed E-state index contributed by atoms with van der Waals surface area (Å²) in [7, 11) is -2.05. The van der Waals surface area contributed by atoms with Crippen LogP contribution in [0.15, 0.2) is 0 Å². The molecule has 0 aromatic rings. The van der Waals surface area contributed by atoms with E-state index in [9.17, 15) is 18.3 Å². The molecule has 0 spiro atoms. The van der Waals surface area contributed by atoms with Gasteiger partial charge in [0.2, 0.25) is 15.9 Å². The molecule has 0 bridgehead atoms. The van der Waals surface area contributed by atoms with Crippen LogP contribution in [-0.4, -0.2) is 97.1 Å². The van der Waals surface area contributed by atoms with Crippen molar-refractivity contribution < 1.29 is 27.8 Å². The summed E-state index contributed by atoms with van der Waals surface area (Å²) >= 11 is 12.9. The summed E-state index contributed by atoms with van der Waals surface area (Å²) in [4.78, 5) is 13.0. The fraction of sp³-hybridized carbons (Fsp3) is 0.955. The second-order valence-corrected chi connectivity index (χ2v) is 13.3. The fourth-order valence-electron chi connectivity index (χ4n) is 5.90. The van der Waals surface area contributed by atoms with E-state index in [0.717, 1.165) is 19.3 Å². The van der Waals surface area contributed by atoms with Gasteiger partial charge >= 0.3 is 0 Å². The summed E-state index contributed by atoms with van der Waals surface area (Å²) in [6.45, 7) is 0.191. The molecule has 4 rings (SSSR count). The summed E-state index contributed by atoms with van der Waals surface area (Å²) in [6, 6.07) is -0.574. The SMILES string of the molecule is COC1CCC(S(=O)(=O)N2C[C@H](CO)OC3CCC(NC(=O)C4C(Cl)CCCC4Cl)CC32)CN1. The van der Waals surface area contributed by atoms with Crippen LogP contribution < -0.4 is 10.6 Å². The van der Waals surface area contributed by atoms with Gasteiger partial charge in [-0.3, -0.25) is 10.1 Å². The molecule has 1 amide bonds. The molecular weight excluding hydrogens is 505 g/mol. The Bertz CT molecular complexity index is 802. The van der Waals surface area contributed by atoms with Crippen LogP contribution in [0, 0.1) is 5.92 Å². The second-order valence-electron chi connectivity index (χ2n) is 10.0. The number of carbonyl (C=O) groups is 1. The number of morpholine rings is 1. The Hall–Kier alpha value is -0.200. The summed E-state index contributed by atoms with van der Waals surface area (Å²) in [5, 5.41) is 14.9. The second kappa shape index (κ2) is 11.5. The summed E-state index contributed by atoms with van der Waals surface area (Å²) < 4.78 is 40.3. The average Bonchev–Trinajstić information content (AvgIpc) is 2.83. The number of amides is 1. The van der Waals surface area contributed by atoms with Crippen LogP contribution in [0.3, 0.4) is 0 Å². The zero-order valence-corrected chi connectivity index (χ0v) is 21.9. The largest absolute Gasteiger partial charge is 0.394 e. The zero-order valence-electron chi connectivity index (χ0n) is 19.6. The van der Waals surface area contributed by atoms with Crippen LogP contribution in [0.2, 0.25) is 0 Å². The third-order valence-electron chi connectivity index (χ3n) is 7.82. The van der Waals surface area contributed by atoms with Crippen LogP contribution in [0.1, 0.15) is 51.4 Å². The van der Waals surface area contributed by atoms with Gasteiger partial charge in [-0.1, -0.05) is 6.42 Å². The van der Waals surface area contributed by atoms with Gasteiger partial charge < -0.3 is 19.9 Å². The number of sulfonamides is 1. The quantitative estimate of drug-likeness (QED) is 0.432. The Morgan fingerprint density at radius 3 is 2.53 bits per heavy atom. The van der Waals surface area contributed by atoms with Crippen molar-refractivity contribution in [2.24, 2.45) is 5.92 Å². The topological polar surface area (TPSA) is 117 Å². The Balaban J connectivity index is 1.46. The molecule has 2 heterocycles. The molecule has 0 radical (unpaired) electrons. The summed E-state index contributed by atoms with van der Waals surface area (Å²) in [5.41, 5.74) is 0. The van der Waals surface area contributed by atoms with E-state index < -0.39 is 33.3 Å². The lowest BCUT2D eigenvalue weighted by Gasteiger charge is -2.49. The highest BCUT2D eigenvalue weighted by Gasteiger charge is 2.48. The molecule has 0 aromatic heterocycles. The van der Waals surface area contributed by atoms with Gasteiger partial charge in [-0.25, -0.2) is 8.42 Å². The van der Waals surface area contributed by atoms with Gasteiger partial charge in [-0.05, 0) is 44.9 Å². The molecule has 0 aromatic carbocycles. The van der Waals surface area contributed by atoms with E-state index >= 15 is 0 Å². The molecule has 2 saturated carbocycles. The number of aliphatic hydroxyl groups is 1. The van der Waals surface area contributed by atoms with E-state index in [1.54, 1.807) is 7.11 Å². The van der Waals surface area contributed by atoms with Crippen LogP contribution in [-0.2, 0) is 24.3 Å². The van der Waals surface area contributed by atoms with Crippen LogP contribution >= 0.6 is 23.2 Å². The number of hydrogen-bond donors (Lipinski definition) is 3. The molecular formula is C22H37Cl2N3O6S. The first kappa shape index (κ1) is 26.9. The van der Waals surface area contributed by atoms with Crippen LogP contribution in [0.4, 0.5) is 0 Å². The number of hydrogen-bond acceptors (Lipinski definition) is 7. The minimum Gasteiger partial charge on any atom is -0.394 e. The molecule has 3 N–H and O–H groups in total. The molecule has 2 saturated heterocycles. The van der Waals surface area contributed by atoms with Gasteiger partial charge in [-0.15, -0.1) is 23.2 Å². The maximum absolute atomic E-state index is 13.7. The average molecular weight is 543 g/mol. The van der Waals surface area contributed by atoms with Gasteiger partial charge in [0.25, 0.3) is 0 Å². The number of halogens is 2. The highest BCUT2D eigenvalue weighted by atomic mass is 35.5. The first-order valence-electron chi connectivity index (χ1n) is 12.4. The number of nitrogens with zero attached hydrogens (tertiary/aromatic N) is 1. The molecule has 196 valence electrons. The van der Waals surface area contributed by atoms with E-state index in [4.69, 9.17) is 32.7 Å². The van der Waals surface area contributed by atoms with E-state index in [-0.39, 0.29) is 48.2 Å². The molecule has 2 aliphatic carbocycles. The van der Waals surface area contributed by atoms with Gasteiger partial charge in [0.05, 0.1) is 36.0 Å². The molecule has 8 atom stereocenters. The van der Waals surface area contributed by atoms with Crippen molar-refractivity contribution in [1.82, 2.24) is 14.9 Å². The molecule has 9 nitrogen and oxygen atoms in total. The number of alkyl halides is 2. The smallest absolute Gasteiger partial charge is 0.226 e. The van der Waals surface area contributed by atoms with E-state index in [2.05, 4.69) is 10.6 Å². The number of fused-ring (bicyclic) bond motifs is 1. The number of piperidine rings is 1. The molecule has 4 aliphatic rings. The van der Waals surface area contributed by atoms with Gasteiger partial charge in [0.1, 0.15) is 6.23 Å². The third-order valence-corrected chi connectivity index (χ3v) is 11.1. The normalized spacial score (nSPS) is 42.1. The Labute approximate surface area is 212 Å². The van der Waals surface area contributed by atoms with Crippen molar-refractivity contribution in [2.45, 2.75) is 97.9 Å². The van der Waals surface area contributed by atoms with Crippen LogP contribution in [0.5, 0.6) is 0 Å². The Morgan fingerprint density at radius 1 is 1.18 bits per heavy atom. The van der Waals surface area contributed by atoms with Gasteiger partial charge in [0, 0.05) is 37.0 Å². The maximum Gasteiger partial charge on any atom is 0.226 e. The zero-order chi connectivity index (χ0) is 24.5. The number of carbonyl (C=O) groups excluding carboxylic acids is 1. The monoisotopic (exact) mass is 541 g/mol. The summed E-state index contributed by atoms with van der Waals surface area (Å²) in [6.07, 6.45) is 4.29. The number of aliphatic hydroxyl groups excluding tert-OH is 1. The van der Waals surface area contributed by atoms with Crippen molar-refractivity contribution in [3.63, 3.8) is 0 Å². The van der Waals surface area contributed by atoms with E-state index in [1.807, 2.05) is 0 Å². The maximum atomic E-state index is 13.7. The molecule has 7 unspecified atom stereocenters. The van der Waals surface area contributed by atoms with Crippen molar-refractivity contribution in [3.05, 3.63) is 0 Å². The first-order valence-corrected chi connectivity index (χ1v) is 14.7. The van der Waals surface area contributed by atoms with Crippen molar-refractivity contribution >= 4 is 39.1 Å². The van der Waals surface area contributed by atoms with Gasteiger partial charge in [-0.2, -0.15) is 4.31 Å². The standard InChI is InChI=1S/C22H37Cl2N3O6S/c1-32-20-8-6-15(10-25-20)34(30,31)27-11-14(12-28)33-19-7-5-13(9-18(19)27)26-22(29)21-16(23)3-2-4-17(21)24/h13-21,25,28H,2-12H2,1H3,(H,26,29)/t13?,14-,15?,16?,17?,18?,19?,20?,21?/m1/s1. The fourth-order valence-corrected chi connectivity index (χ4v) is 8.96. The first-order chi connectivity index (χ1) is 16.2. The molecule has 4 fully saturated rings. The highest BCUT2D eigenvalue weighted by molar-refractivity contribution is 7.89. The lowest BCUT2D eigenvalue weighted by Crippen LogP contribution is -2.64. The predicted molar refractivity (Wildman–Crippen MR) is 129 cm³/mol. The van der Waals surface area contributed by atoms with E-state index in [0.29, 0.717) is 38.6 Å². The van der Waals surface area contributed by atoms with E-state index in [1.165, 1.54) is 4.31 Å². The number of ether oxygens (including phenoxy) is 2. The predicted octanol–water partition coefficient (Wildman–Crippen LogP) is 1.15. The lowest BCUT2D eigenvalue weighted by atomic mass is 9.84.